The van der Waals surface area contributed by atoms with Gasteiger partial charge in [-0.2, -0.15) is 0 Å². The molecule has 1 aromatic carbocycles. The summed E-state index contributed by atoms with van der Waals surface area (Å²) in [5.74, 6) is 0.469. The Hall–Kier alpha value is -1.31. The summed E-state index contributed by atoms with van der Waals surface area (Å²) in [5, 5.41) is 6.32. The lowest BCUT2D eigenvalue weighted by Crippen LogP contribution is -2.39. The molecule has 124 valence electrons. The van der Waals surface area contributed by atoms with Gasteiger partial charge in [-0.3, -0.25) is 9.79 Å². The lowest BCUT2D eigenvalue weighted by molar-refractivity contribution is -0.140. The first-order valence-electron chi connectivity index (χ1n) is 7.13. The number of guanidine groups is 1. The van der Waals surface area contributed by atoms with Crippen molar-refractivity contribution in [2.75, 3.05) is 27.2 Å². The summed E-state index contributed by atoms with van der Waals surface area (Å²) < 4.78 is 4.59. The molecule has 0 bridgehead atoms. The first kappa shape index (κ1) is 20.7. The second kappa shape index (κ2) is 11.3. The lowest BCUT2D eigenvalue weighted by atomic mass is 10.1. The quantitative estimate of drug-likeness (QED) is 0.321. The third-order valence-electron chi connectivity index (χ3n) is 3.06. The molecule has 0 atom stereocenters. The highest BCUT2D eigenvalue weighted by molar-refractivity contribution is 14.0. The minimum absolute atomic E-state index is 0. The average molecular weight is 419 g/mol. The van der Waals surface area contributed by atoms with Crippen LogP contribution in [-0.4, -0.2) is 39.2 Å². The van der Waals surface area contributed by atoms with Crippen LogP contribution >= 0.6 is 24.0 Å². The third-order valence-corrected chi connectivity index (χ3v) is 3.06. The van der Waals surface area contributed by atoms with E-state index in [1.165, 1.54) is 23.8 Å². The van der Waals surface area contributed by atoms with E-state index >= 15 is 0 Å². The van der Waals surface area contributed by atoms with E-state index in [1.54, 1.807) is 7.05 Å². The molecule has 0 unspecified atom stereocenters. The lowest BCUT2D eigenvalue weighted by Gasteiger charge is -2.12. The van der Waals surface area contributed by atoms with E-state index in [-0.39, 0.29) is 29.9 Å². The van der Waals surface area contributed by atoms with Crippen molar-refractivity contribution in [1.82, 2.24) is 10.6 Å². The summed E-state index contributed by atoms with van der Waals surface area (Å²) in [6.07, 6.45) is 1.26. The minimum atomic E-state index is -0.229. The highest BCUT2D eigenvalue weighted by Gasteiger charge is 2.02. The van der Waals surface area contributed by atoms with Gasteiger partial charge in [-0.05, 0) is 25.8 Å². The first-order chi connectivity index (χ1) is 10.0. The van der Waals surface area contributed by atoms with Gasteiger partial charge < -0.3 is 15.4 Å². The van der Waals surface area contributed by atoms with E-state index in [9.17, 15) is 4.79 Å². The van der Waals surface area contributed by atoms with Crippen molar-refractivity contribution < 1.29 is 9.53 Å². The van der Waals surface area contributed by atoms with Gasteiger partial charge in [-0.1, -0.05) is 29.3 Å². The molecule has 0 saturated carbocycles. The van der Waals surface area contributed by atoms with Crippen LogP contribution in [0.4, 0.5) is 0 Å². The number of halogens is 1. The molecule has 1 aromatic rings. The van der Waals surface area contributed by atoms with Crippen molar-refractivity contribution in [2.45, 2.75) is 26.7 Å². The fraction of sp³-hybridized carbons (Fsp3) is 0.500. The number of aryl methyl sites for hydroxylation is 2. The molecule has 2 N–H and O–H groups in total. The maximum Gasteiger partial charge on any atom is 0.307 e. The Morgan fingerprint density at radius 1 is 1.14 bits per heavy atom. The number of carbonyl (C=O) groups excluding carboxylic acids is 1. The number of hydrogen-bond donors (Lipinski definition) is 2. The topological polar surface area (TPSA) is 62.7 Å². The smallest absolute Gasteiger partial charge is 0.307 e. The number of rotatable bonds is 6. The standard InChI is InChI=1S/C16H25N3O2.HI/c1-12-9-13(2)11-14(10-12)5-7-18-16(17-3)19-8-6-15(20)21-4;/h9-11H,5-8H2,1-4H3,(H2,17,18,19);1H. The molecule has 0 aliphatic carbocycles. The van der Waals surface area contributed by atoms with Crippen LogP contribution in [0.15, 0.2) is 23.2 Å². The van der Waals surface area contributed by atoms with Crippen molar-refractivity contribution in [1.29, 1.82) is 0 Å². The molecular formula is C16H26IN3O2. The van der Waals surface area contributed by atoms with E-state index in [0.717, 1.165) is 13.0 Å². The number of methoxy groups -OCH3 is 1. The van der Waals surface area contributed by atoms with Crippen LogP contribution in [-0.2, 0) is 16.0 Å². The summed E-state index contributed by atoms with van der Waals surface area (Å²) in [5.41, 5.74) is 3.88. The predicted octanol–water partition coefficient (Wildman–Crippen LogP) is 2.19. The molecule has 22 heavy (non-hydrogen) atoms. The van der Waals surface area contributed by atoms with Gasteiger partial charge in [0.15, 0.2) is 5.96 Å². The van der Waals surface area contributed by atoms with E-state index in [0.29, 0.717) is 18.9 Å². The number of hydrogen-bond acceptors (Lipinski definition) is 3. The molecule has 0 aliphatic rings. The Bertz CT molecular complexity index is 484. The molecule has 0 saturated heterocycles. The first-order valence-corrected chi connectivity index (χ1v) is 7.13. The Morgan fingerprint density at radius 2 is 1.73 bits per heavy atom. The molecule has 0 aliphatic heterocycles. The number of esters is 1. The van der Waals surface area contributed by atoms with Gasteiger partial charge in [0.25, 0.3) is 0 Å². The van der Waals surface area contributed by atoms with Crippen molar-refractivity contribution >= 4 is 35.9 Å². The molecule has 0 spiro atoms. The fourth-order valence-corrected chi connectivity index (χ4v) is 2.14. The Labute approximate surface area is 149 Å². The molecule has 5 nitrogen and oxygen atoms in total. The second-order valence-electron chi connectivity index (χ2n) is 5.00. The second-order valence-corrected chi connectivity index (χ2v) is 5.00. The zero-order valence-corrected chi connectivity index (χ0v) is 16.1. The van der Waals surface area contributed by atoms with Crippen molar-refractivity contribution in [3.63, 3.8) is 0 Å². The maximum atomic E-state index is 11.0. The van der Waals surface area contributed by atoms with Crippen molar-refractivity contribution in [3.8, 4) is 0 Å². The largest absolute Gasteiger partial charge is 0.469 e. The van der Waals surface area contributed by atoms with Gasteiger partial charge in [0, 0.05) is 20.1 Å². The van der Waals surface area contributed by atoms with Crippen LogP contribution in [0.1, 0.15) is 23.1 Å². The van der Waals surface area contributed by atoms with Crippen molar-refractivity contribution in [2.24, 2.45) is 4.99 Å². The third kappa shape index (κ3) is 8.21. The van der Waals surface area contributed by atoms with E-state index < -0.39 is 0 Å². The fourth-order valence-electron chi connectivity index (χ4n) is 2.14. The monoisotopic (exact) mass is 419 g/mol. The summed E-state index contributed by atoms with van der Waals surface area (Å²) in [6, 6.07) is 6.56. The van der Waals surface area contributed by atoms with E-state index in [2.05, 4.69) is 52.4 Å². The number of aliphatic imine (C=N–C) groups is 1. The highest BCUT2D eigenvalue weighted by Crippen LogP contribution is 2.08. The number of carbonyl (C=O) groups is 1. The summed E-state index contributed by atoms with van der Waals surface area (Å²) in [6.45, 7) is 5.52. The molecular weight excluding hydrogens is 393 g/mol. The Kier molecular flexibility index (Phi) is 10.6. The van der Waals surface area contributed by atoms with Gasteiger partial charge in [-0.25, -0.2) is 0 Å². The maximum absolute atomic E-state index is 11.0. The molecule has 1 rings (SSSR count). The van der Waals surface area contributed by atoms with Gasteiger partial charge >= 0.3 is 5.97 Å². The highest BCUT2D eigenvalue weighted by atomic mass is 127. The van der Waals surface area contributed by atoms with Crippen LogP contribution in [0.3, 0.4) is 0 Å². The Morgan fingerprint density at radius 3 is 2.27 bits per heavy atom. The number of ether oxygens (including phenoxy) is 1. The molecule has 6 heteroatoms. The summed E-state index contributed by atoms with van der Waals surface area (Å²) in [4.78, 5) is 15.1. The van der Waals surface area contributed by atoms with Gasteiger partial charge in [-0.15, -0.1) is 24.0 Å². The predicted molar refractivity (Wildman–Crippen MR) is 101 cm³/mol. The molecule has 0 aromatic heterocycles. The molecule has 0 amide bonds. The Balaban J connectivity index is 0.00000441. The summed E-state index contributed by atoms with van der Waals surface area (Å²) in [7, 11) is 3.10. The SMILES string of the molecule is CN=C(NCCC(=O)OC)NCCc1cc(C)cc(C)c1.I. The number of nitrogens with zero attached hydrogens (tertiary/aromatic N) is 1. The normalized spacial score (nSPS) is 10.6. The zero-order chi connectivity index (χ0) is 15.7. The zero-order valence-electron chi connectivity index (χ0n) is 13.7. The minimum Gasteiger partial charge on any atom is -0.469 e. The van der Waals surface area contributed by atoms with Crippen LogP contribution in [0.5, 0.6) is 0 Å². The van der Waals surface area contributed by atoms with Crippen LogP contribution in [0.25, 0.3) is 0 Å². The molecule has 0 fully saturated rings. The van der Waals surface area contributed by atoms with Crippen molar-refractivity contribution in [3.05, 3.63) is 34.9 Å². The molecule has 0 radical (unpaired) electrons. The number of benzene rings is 1. The van der Waals surface area contributed by atoms with Crippen LogP contribution in [0, 0.1) is 13.8 Å². The van der Waals surface area contributed by atoms with Gasteiger partial charge in [0.2, 0.25) is 0 Å². The number of nitrogens with one attached hydrogen (secondary N) is 2. The van der Waals surface area contributed by atoms with E-state index in [1.807, 2.05) is 0 Å². The van der Waals surface area contributed by atoms with E-state index in [4.69, 9.17) is 0 Å². The average Bonchev–Trinajstić information content (AvgIpc) is 2.44. The van der Waals surface area contributed by atoms with Crippen LogP contribution < -0.4 is 10.6 Å². The van der Waals surface area contributed by atoms with Gasteiger partial charge in [0.05, 0.1) is 13.5 Å². The summed E-state index contributed by atoms with van der Waals surface area (Å²) >= 11 is 0. The molecule has 0 heterocycles. The van der Waals surface area contributed by atoms with Crippen LogP contribution in [0.2, 0.25) is 0 Å². The van der Waals surface area contributed by atoms with Gasteiger partial charge in [0.1, 0.15) is 0 Å².